The summed E-state index contributed by atoms with van der Waals surface area (Å²) in [5, 5.41) is 21.9. The Balaban J connectivity index is 1.75. The third kappa shape index (κ3) is 5.45. The largest absolute Gasteiger partial charge is 0.394 e. The lowest BCUT2D eigenvalue weighted by atomic mass is 9.89. The first-order valence-corrected chi connectivity index (χ1v) is 7.89. The van der Waals surface area contributed by atoms with Gasteiger partial charge in [0.1, 0.15) is 0 Å². The number of hydrogen-bond acceptors (Lipinski definition) is 7. The molecule has 21 heavy (non-hydrogen) atoms. The Kier molecular flexibility index (Phi) is 6.81. The van der Waals surface area contributed by atoms with E-state index in [-0.39, 0.29) is 43.7 Å². The van der Waals surface area contributed by atoms with E-state index < -0.39 is 6.10 Å². The van der Waals surface area contributed by atoms with Gasteiger partial charge in [0.05, 0.1) is 24.9 Å². The minimum atomic E-state index is -0.522. The summed E-state index contributed by atoms with van der Waals surface area (Å²) in [4.78, 5) is 0. The summed E-state index contributed by atoms with van der Waals surface area (Å²) in [6.45, 7) is 0.780. The molecule has 2 aliphatic rings. The van der Waals surface area contributed by atoms with Crippen molar-refractivity contribution in [1.82, 2.24) is 5.32 Å². The van der Waals surface area contributed by atoms with Crippen LogP contribution in [0.4, 0.5) is 0 Å². The van der Waals surface area contributed by atoms with Crippen LogP contribution in [-0.2, 0) is 9.47 Å². The normalized spacial score (nSPS) is 38.6. The van der Waals surface area contributed by atoms with Crippen molar-refractivity contribution in [2.75, 3.05) is 19.7 Å². The van der Waals surface area contributed by atoms with Gasteiger partial charge in [-0.05, 0) is 25.7 Å². The van der Waals surface area contributed by atoms with Crippen molar-refractivity contribution in [3.63, 3.8) is 0 Å². The van der Waals surface area contributed by atoms with Gasteiger partial charge in [0.15, 0.2) is 6.29 Å². The molecule has 124 valence electrons. The number of nitrogens with one attached hydrogen (secondary N) is 1. The fourth-order valence-electron chi connectivity index (χ4n) is 3.09. The lowest BCUT2D eigenvalue weighted by molar-refractivity contribution is -0.175. The molecule has 1 aliphatic carbocycles. The third-order valence-electron chi connectivity index (χ3n) is 4.23. The monoisotopic (exact) mass is 303 g/mol. The van der Waals surface area contributed by atoms with E-state index in [0.717, 1.165) is 32.1 Å². The van der Waals surface area contributed by atoms with Crippen molar-refractivity contribution in [2.45, 2.75) is 68.8 Å². The maximum atomic E-state index is 9.51. The summed E-state index contributed by atoms with van der Waals surface area (Å²) >= 11 is 0. The van der Waals surface area contributed by atoms with Crippen LogP contribution in [0.25, 0.3) is 0 Å². The molecule has 0 aromatic rings. The minimum Gasteiger partial charge on any atom is -0.394 e. The second kappa shape index (κ2) is 8.38. The maximum absolute atomic E-state index is 9.51. The summed E-state index contributed by atoms with van der Waals surface area (Å²) in [5.74, 6) is 0. The van der Waals surface area contributed by atoms with E-state index in [1.807, 2.05) is 0 Å². The lowest BCUT2D eigenvalue weighted by Crippen LogP contribution is -2.48. The number of hydrogen-bond donors (Lipinski definition) is 5. The molecule has 0 aromatic heterocycles. The number of rotatable bonds is 7. The molecule has 2 fully saturated rings. The summed E-state index contributed by atoms with van der Waals surface area (Å²) in [7, 11) is 0. The quantitative estimate of drug-likeness (QED) is 0.394. The number of aliphatic hydroxyl groups excluding tert-OH is 2. The molecule has 0 amide bonds. The Labute approximate surface area is 126 Å². The highest BCUT2D eigenvalue weighted by Crippen LogP contribution is 2.27. The van der Waals surface area contributed by atoms with Crippen LogP contribution in [0.1, 0.15) is 32.1 Å². The molecule has 2 rings (SSSR count). The van der Waals surface area contributed by atoms with E-state index in [4.69, 9.17) is 26.0 Å². The average Bonchev–Trinajstić information content (AvgIpc) is 2.91. The molecule has 7 heteroatoms. The first kappa shape index (κ1) is 17.1. The SMILES string of the molecule is NCC(O)CNC1CC(N)CC(OC2CCC(CO)O2)C1. The molecule has 1 saturated carbocycles. The summed E-state index contributed by atoms with van der Waals surface area (Å²) in [5.41, 5.74) is 11.5. The first-order chi connectivity index (χ1) is 10.1. The summed E-state index contributed by atoms with van der Waals surface area (Å²) in [6, 6.07) is 0.321. The number of aliphatic hydroxyl groups is 2. The summed E-state index contributed by atoms with van der Waals surface area (Å²) < 4.78 is 11.6. The first-order valence-electron chi connectivity index (χ1n) is 7.89. The Bertz CT molecular complexity index is 308. The van der Waals surface area contributed by atoms with Gasteiger partial charge in [0.2, 0.25) is 0 Å². The van der Waals surface area contributed by atoms with Crippen LogP contribution in [0, 0.1) is 0 Å². The predicted octanol–water partition coefficient (Wildman–Crippen LogP) is -1.34. The van der Waals surface area contributed by atoms with Gasteiger partial charge < -0.3 is 36.5 Å². The van der Waals surface area contributed by atoms with E-state index in [1.54, 1.807) is 0 Å². The lowest BCUT2D eigenvalue weighted by Gasteiger charge is -2.35. The molecule has 0 aromatic carbocycles. The van der Waals surface area contributed by atoms with Crippen molar-refractivity contribution in [1.29, 1.82) is 0 Å². The molecule has 0 radical (unpaired) electrons. The molecule has 1 heterocycles. The van der Waals surface area contributed by atoms with Crippen molar-refractivity contribution in [2.24, 2.45) is 11.5 Å². The van der Waals surface area contributed by atoms with Crippen LogP contribution < -0.4 is 16.8 Å². The van der Waals surface area contributed by atoms with E-state index in [9.17, 15) is 5.11 Å². The van der Waals surface area contributed by atoms with Crippen molar-refractivity contribution in [3.8, 4) is 0 Å². The molecule has 1 saturated heterocycles. The Morgan fingerprint density at radius 3 is 2.76 bits per heavy atom. The molecule has 1 aliphatic heterocycles. The maximum Gasteiger partial charge on any atom is 0.158 e. The smallest absolute Gasteiger partial charge is 0.158 e. The van der Waals surface area contributed by atoms with Gasteiger partial charge in [-0.1, -0.05) is 0 Å². The Morgan fingerprint density at radius 1 is 1.29 bits per heavy atom. The highest BCUT2D eigenvalue weighted by molar-refractivity contribution is 4.87. The minimum absolute atomic E-state index is 0.0468. The molecular formula is C14H29N3O4. The second-order valence-corrected chi connectivity index (χ2v) is 6.17. The van der Waals surface area contributed by atoms with E-state index in [0.29, 0.717) is 6.54 Å². The van der Waals surface area contributed by atoms with Crippen LogP contribution in [0.3, 0.4) is 0 Å². The standard InChI is InChI=1S/C14H29N3O4/c15-6-11(19)7-17-10-3-9(16)4-13(5-10)21-14-2-1-12(8-18)20-14/h9-14,17-19H,1-8,15-16H2. The zero-order valence-corrected chi connectivity index (χ0v) is 12.5. The van der Waals surface area contributed by atoms with Gasteiger partial charge in [-0.2, -0.15) is 0 Å². The van der Waals surface area contributed by atoms with Crippen LogP contribution in [0.15, 0.2) is 0 Å². The van der Waals surface area contributed by atoms with E-state index in [1.165, 1.54) is 0 Å². The van der Waals surface area contributed by atoms with Crippen molar-refractivity contribution >= 4 is 0 Å². The molecule has 7 nitrogen and oxygen atoms in total. The van der Waals surface area contributed by atoms with Gasteiger partial charge in [-0.25, -0.2) is 0 Å². The fraction of sp³-hybridized carbons (Fsp3) is 1.00. The second-order valence-electron chi connectivity index (χ2n) is 6.17. The van der Waals surface area contributed by atoms with Crippen LogP contribution in [0.2, 0.25) is 0 Å². The third-order valence-corrected chi connectivity index (χ3v) is 4.23. The fourth-order valence-corrected chi connectivity index (χ4v) is 3.09. The molecular weight excluding hydrogens is 274 g/mol. The van der Waals surface area contributed by atoms with Gasteiger partial charge in [0, 0.05) is 31.6 Å². The van der Waals surface area contributed by atoms with Gasteiger partial charge in [-0.15, -0.1) is 0 Å². The van der Waals surface area contributed by atoms with Crippen molar-refractivity contribution in [3.05, 3.63) is 0 Å². The number of ether oxygens (including phenoxy) is 2. The van der Waals surface area contributed by atoms with Crippen LogP contribution in [0.5, 0.6) is 0 Å². The van der Waals surface area contributed by atoms with Gasteiger partial charge >= 0.3 is 0 Å². The molecule has 7 N–H and O–H groups in total. The molecule has 0 bridgehead atoms. The summed E-state index contributed by atoms with van der Waals surface area (Å²) in [6.07, 6.45) is 3.42. The zero-order chi connectivity index (χ0) is 15.2. The van der Waals surface area contributed by atoms with E-state index >= 15 is 0 Å². The highest BCUT2D eigenvalue weighted by Gasteiger charge is 2.32. The van der Waals surface area contributed by atoms with Gasteiger partial charge in [0.25, 0.3) is 0 Å². The highest BCUT2D eigenvalue weighted by atomic mass is 16.7. The molecule has 0 spiro atoms. The van der Waals surface area contributed by atoms with Crippen LogP contribution in [-0.4, -0.2) is 66.6 Å². The Hall–Kier alpha value is -0.280. The molecule has 6 atom stereocenters. The van der Waals surface area contributed by atoms with E-state index in [2.05, 4.69) is 5.32 Å². The van der Waals surface area contributed by atoms with Crippen molar-refractivity contribution < 1.29 is 19.7 Å². The topological polar surface area (TPSA) is 123 Å². The average molecular weight is 303 g/mol. The molecule has 6 unspecified atom stereocenters. The Morgan fingerprint density at radius 2 is 2.10 bits per heavy atom. The van der Waals surface area contributed by atoms with Gasteiger partial charge in [-0.3, -0.25) is 0 Å². The predicted molar refractivity (Wildman–Crippen MR) is 78.5 cm³/mol. The zero-order valence-electron chi connectivity index (χ0n) is 12.5. The van der Waals surface area contributed by atoms with Crippen LogP contribution >= 0.6 is 0 Å². The number of nitrogens with two attached hydrogens (primary N) is 2.